The molecule has 1 heterocycles. The zero-order chi connectivity index (χ0) is 16.1. The van der Waals surface area contributed by atoms with Crippen LogP contribution in [0.1, 0.15) is 13.8 Å². The van der Waals surface area contributed by atoms with Crippen molar-refractivity contribution in [1.82, 2.24) is 4.90 Å². The van der Waals surface area contributed by atoms with Gasteiger partial charge in [-0.15, -0.1) is 6.58 Å². The maximum Gasteiger partial charge on any atom is 0.426 e. The second kappa shape index (κ2) is 7.53. The zero-order valence-corrected chi connectivity index (χ0v) is 12.2. The van der Waals surface area contributed by atoms with E-state index in [1.54, 1.807) is 13.8 Å². The maximum absolute atomic E-state index is 14.0. The van der Waals surface area contributed by atoms with Crippen molar-refractivity contribution in [3.63, 3.8) is 0 Å². The Morgan fingerprint density at radius 1 is 1.43 bits per heavy atom. The summed E-state index contributed by atoms with van der Waals surface area (Å²) in [5.41, 5.74) is 0. The Kier molecular flexibility index (Phi) is 6.58. The fraction of sp³-hybridized carbons (Fsp3) is 0.846. The van der Waals surface area contributed by atoms with Gasteiger partial charge in [0.25, 0.3) is 12.1 Å². The van der Waals surface area contributed by atoms with E-state index in [-0.39, 0.29) is 32.9 Å². The van der Waals surface area contributed by atoms with E-state index < -0.39 is 24.4 Å². The minimum atomic E-state index is -5.07. The van der Waals surface area contributed by atoms with Crippen LogP contribution < -0.4 is 0 Å². The molecule has 3 atom stereocenters. The Morgan fingerprint density at radius 3 is 2.52 bits per heavy atom. The van der Waals surface area contributed by atoms with Gasteiger partial charge in [-0.2, -0.15) is 13.2 Å². The fourth-order valence-corrected chi connectivity index (χ4v) is 2.21. The van der Waals surface area contributed by atoms with Gasteiger partial charge >= 0.3 is 6.18 Å². The lowest BCUT2D eigenvalue weighted by Gasteiger charge is -2.40. The van der Waals surface area contributed by atoms with E-state index in [1.807, 2.05) is 0 Å². The first kappa shape index (κ1) is 18.3. The van der Waals surface area contributed by atoms with Crippen LogP contribution in [0, 0.1) is 0 Å². The number of rotatable bonds is 8. The van der Waals surface area contributed by atoms with Crippen LogP contribution in [0.3, 0.4) is 0 Å². The van der Waals surface area contributed by atoms with Gasteiger partial charge in [-0.05, 0) is 0 Å². The predicted octanol–water partition coefficient (Wildman–Crippen LogP) is 2.50. The summed E-state index contributed by atoms with van der Waals surface area (Å²) in [6.07, 6.45) is -7.58. The van der Waals surface area contributed by atoms with Crippen LogP contribution in [0.5, 0.6) is 0 Å². The van der Waals surface area contributed by atoms with Gasteiger partial charge < -0.3 is 14.2 Å². The van der Waals surface area contributed by atoms with Crippen molar-refractivity contribution in [3.05, 3.63) is 12.7 Å². The Bertz CT molecular complexity index is 336. The van der Waals surface area contributed by atoms with Crippen molar-refractivity contribution in [3.8, 4) is 0 Å². The lowest BCUT2D eigenvalue weighted by molar-refractivity contribution is -0.351. The number of alkyl halides is 4. The molecule has 1 fully saturated rings. The van der Waals surface area contributed by atoms with Crippen LogP contribution in [0.15, 0.2) is 12.7 Å². The summed E-state index contributed by atoms with van der Waals surface area (Å²) >= 11 is 0. The van der Waals surface area contributed by atoms with E-state index in [9.17, 15) is 17.6 Å². The van der Waals surface area contributed by atoms with E-state index in [4.69, 9.17) is 14.2 Å². The summed E-state index contributed by atoms with van der Waals surface area (Å²) in [6.45, 7) is 7.09. The molecular weight excluding hydrogens is 294 g/mol. The summed E-state index contributed by atoms with van der Waals surface area (Å²) in [7, 11) is 0. The van der Waals surface area contributed by atoms with Gasteiger partial charge in [-0.3, -0.25) is 4.90 Å². The highest BCUT2D eigenvalue weighted by molar-refractivity contribution is 4.90. The second-order valence-electron chi connectivity index (χ2n) is 4.58. The van der Waals surface area contributed by atoms with Gasteiger partial charge in [-0.25, -0.2) is 4.39 Å². The summed E-state index contributed by atoms with van der Waals surface area (Å²) in [5.74, 6) is -2.44. The average Bonchev–Trinajstić information content (AvgIpc) is 2.84. The highest BCUT2D eigenvalue weighted by Crippen LogP contribution is 2.40. The topological polar surface area (TPSA) is 30.9 Å². The standard InChI is InChI=1S/C13H21F4NO3/c1-4-7-19-8-10-9-20-13(21-10,18(5-2)6-3)11(14)12(15,16)17/h4,10-11H,1,5-9H2,2-3H3. The first-order valence-corrected chi connectivity index (χ1v) is 6.78. The van der Waals surface area contributed by atoms with Crippen LogP contribution in [0.25, 0.3) is 0 Å². The van der Waals surface area contributed by atoms with Crippen molar-refractivity contribution in [2.45, 2.75) is 38.2 Å². The third-order valence-electron chi connectivity index (χ3n) is 3.16. The quantitative estimate of drug-likeness (QED) is 0.391. The number of hydrogen-bond donors (Lipinski definition) is 0. The third kappa shape index (κ3) is 4.15. The Hall–Kier alpha value is -0.700. The van der Waals surface area contributed by atoms with Crippen LogP contribution in [0.4, 0.5) is 17.6 Å². The minimum absolute atomic E-state index is 0.0135. The van der Waals surface area contributed by atoms with Crippen LogP contribution >= 0.6 is 0 Å². The molecule has 0 bridgehead atoms. The largest absolute Gasteiger partial charge is 0.426 e. The molecule has 1 aliphatic rings. The highest BCUT2D eigenvalue weighted by atomic mass is 19.4. The third-order valence-corrected chi connectivity index (χ3v) is 3.16. The van der Waals surface area contributed by atoms with Gasteiger partial charge in [0.15, 0.2) is 0 Å². The molecule has 0 saturated carbocycles. The molecule has 0 aromatic heterocycles. The molecule has 0 spiro atoms. The molecule has 124 valence electrons. The fourth-order valence-electron chi connectivity index (χ4n) is 2.21. The van der Waals surface area contributed by atoms with Crippen molar-refractivity contribution < 1.29 is 31.8 Å². The molecule has 21 heavy (non-hydrogen) atoms. The maximum atomic E-state index is 14.0. The van der Waals surface area contributed by atoms with E-state index in [0.29, 0.717) is 0 Å². The molecule has 0 amide bonds. The van der Waals surface area contributed by atoms with Crippen molar-refractivity contribution in [2.24, 2.45) is 0 Å². The van der Waals surface area contributed by atoms with E-state index in [2.05, 4.69) is 6.58 Å². The monoisotopic (exact) mass is 315 g/mol. The Balaban J connectivity index is 2.88. The molecule has 0 aromatic rings. The van der Waals surface area contributed by atoms with E-state index >= 15 is 0 Å². The molecule has 4 nitrogen and oxygen atoms in total. The van der Waals surface area contributed by atoms with Gasteiger partial charge in [0.1, 0.15) is 6.10 Å². The molecular formula is C13H21F4NO3. The van der Waals surface area contributed by atoms with Crippen molar-refractivity contribution in [1.29, 1.82) is 0 Å². The van der Waals surface area contributed by atoms with Crippen LogP contribution in [-0.4, -0.2) is 62.2 Å². The molecule has 8 heteroatoms. The van der Waals surface area contributed by atoms with Gasteiger partial charge in [-0.1, -0.05) is 19.9 Å². The number of halogens is 4. The van der Waals surface area contributed by atoms with Gasteiger partial charge in [0.2, 0.25) is 0 Å². The number of nitrogens with zero attached hydrogens (tertiary/aromatic N) is 1. The predicted molar refractivity (Wildman–Crippen MR) is 68.4 cm³/mol. The number of hydrogen-bond acceptors (Lipinski definition) is 4. The van der Waals surface area contributed by atoms with Crippen molar-refractivity contribution >= 4 is 0 Å². The smallest absolute Gasteiger partial charge is 0.375 e. The zero-order valence-electron chi connectivity index (χ0n) is 12.2. The summed E-state index contributed by atoms with van der Waals surface area (Å²) < 4.78 is 67.9. The summed E-state index contributed by atoms with van der Waals surface area (Å²) in [5, 5.41) is 0. The normalized spacial score (nSPS) is 28.0. The molecule has 1 aliphatic heterocycles. The Morgan fingerprint density at radius 2 is 2.05 bits per heavy atom. The first-order valence-electron chi connectivity index (χ1n) is 6.78. The highest BCUT2D eigenvalue weighted by Gasteiger charge is 2.62. The Labute approximate surface area is 121 Å². The molecule has 0 radical (unpaired) electrons. The van der Waals surface area contributed by atoms with Gasteiger partial charge in [0, 0.05) is 13.1 Å². The molecule has 1 rings (SSSR count). The van der Waals surface area contributed by atoms with Crippen molar-refractivity contribution in [2.75, 3.05) is 32.9 Å². The minimum Gasteiger partial charge on any atom is -0.375 e. The molecule has 0 aromatic carbocycles. The lowest BCUT2D eigenvalue weighted by Crippen LogP contribution is -2.61. The van der Waals surface area contributed by atoms with Crippen LogP contribution in [-0.2, 0) is 14.2 Å². The lowest BCUT2D eigenvalue weighted by atomic mass is 10.2. The molecule has 0 aliphatic carbocycles. The summed E-state index contributed by atoms with van der Waals surface area (Å²) in [4.78, 5) is 1.18. The second-order valence-corrected chi connectivity index (χ2v) is 4.58. The van der Waals surface area contributed by atoms with E-state index in [1.165, 1.54) is 11.0 Å². The first-order chi connectivity index (χ1) is 9.81. The SMILES string of the molecule is C=CCOCC1COC(C(F)C(F)(F)F)(N(CC)CC)O1. The molecule has 1 saturated heterocycles. The average molecular weight is 315 g/mol. The van der Waals surface area contributed by atoms with Crippen LogP contribution in [0.2, 0.25) is 0 Å². The molecule has 3 unspecified atom stereocenters. The van der Waals surface area contributed by atoms with Gasteiger partial charge in [0.05, 0.1) is 19.8 Å². The summed E-state index contributed by atoms with van der Waals surface area (Å²) in [6, 6.07) is 0. The van der Waals surface area contributed by atoms with E-state index in [0.717, 1.165) is 0 Å². The molecule has 0 N–H and O–H groups in total. The number of ether oxygens (including phenoxy) is 3.